The molecule has 4 heteroatoms. The lowest BCUT2D eigenvalue weighted by Gasteiger charge is -1.95. The van der Waals surface area contributed by atoms with Crippen LogP contribution in [0.4, 0.5) is 0 Å². The van der Waals surface area contributed by atoms with Crippen molar-refractivity contribution in [3.8, 4) is 16.6 Å². The van der Waals surface area contributed by atoms with E-state index in [0.29, 0.717) is 9.90 Å². The number of nitriles is 1. The minimum atomic E-state index is 0.657. The van der Waals surface area contributed by atoms with Crippen molar-refractivity contribution in [3.05, 3.63) is 39.9 Å². The van der Waals surface area contributed by atoms with Crippen LogP contribution in [0.3, 0.4) is 0 Å². The fourth-order valence-electron chi connectivity index (χ4n) is 1.25. The van der Waals surface area contributed by atoms with Gasteiger partial charge in [-0.3, -0.25) is 0 Å². The Labute approximate surface area is 96.8 Å². The summed E-state index contributed by atoms with van der Waals surface area (Å²) < 4.78 is 0. The smallest absolute Gasteiger partial charge is 0.128 e. The quantitative estimate of drug-likeness (QED) is 0.755. The minimum Gasteiger partial charge on any atom is -0.240 e. The maximum Gasteiger partial charge on any atom is 0.128 e. The van der Waals surface area contributed by atoms with Gasteiger partial charge in [0.2, 0.25) is 0 Å². The molecular formula is C11H7ClN2S. The van der Waals surface area contributed by atoms with Crippen LogP contribution in [0.2, 0.25) is 5.02 Å². The second-order valence-corrected chi connectivity index (χ2v) is 4.49. The molecule has 0 aliphatic carbocycles. The highest BCUT2D eigenvalue weighted by Crippen LogP contribution is 2.28. The number of nitrogens with zero attached hydrogens (tertiary/aromatic N) is 2. The molecule has 2 aromatic rings. The highest BCUT2D eigenvalue weighted by Gasteiger charge is 2.08. The van der Waals surface area contributed by atoms with Crippen molar-refractivity contribution in [2.75, 3.05) is 0 Å². The average Bonchev–Trinajstić information content (AvgIpc) is 2.60. The van der Waals surface area contributed by atoms with Crippen LogP contribution in [-0.2, 0) is 0 Å². The number of aromatic nitrogens is 1. The molecule has 15 heavy (non-hydrogen) atoms. The number of hydrogen-bond donors (Lipinski definition) is 0. The first kappa shape index (κ1) is 10.2. The molecule has 1 aromatic heterocycles. The summed E-state index contributed by atoms with van der Waals surface area (Å²) in [5, 5.41) is 10.3. The van der Waals surface area contributed by atoms with E-state index in [9.17, 15) is 0 Å². The Morgan fingerprint density at radius 3 is 2.87 bits per heavy atom. The van der Waals surface area contributed by atoms with Gasteiger partial charge >= 0.3 is 0 Å². The molecule has 0 saturated carbocycles. The fourth-order valence-corrected chi connectivity index (χ4v) is 2.30. The number of halogens is 1. The van der Waals surface area contributed by atoms with Crippen LogP contribution in [0.5, 0.6) is 0 Å². The van der Waals surface area contributed by atoms with E-state index in [2.05, 4.69) is 11.1 Å². The highest BCUT2D eigenvalue weighted by molar-refractivity contribution is 7.15. The molecule has 0 amide bonds. The van der Waals surface area contributed by atoms with Gasteiger partial charge in [-0.05, 0) is 19.1 Å². The maximum atomic E-state index is 8.83. The van der Waals surface area contributed by atoms with E-state index in [0.717, 1.165) is 16.3 Å². The Bertz CT molecular complexity index is 540. The van der Waals surface area contributed by atoms with Crippen molar-refractivity contribution < 1.29 is 0 Å². The molecule has 0 unspecified atom stereocenters. The van der Waals surface area contributed by atoms with E-state index < -0.39 is 0 Å². The van der Waals surface area contributed by atoms with E-state index in [1.54, 1.807) is 0 Å². The molecule has 0 aliphatic rings. The minimum absolute atomic E-state index is 0.657. The van der Waals surface area contributed by atoms with Gasteiger partial charge in [0, 0.05) is 10.6 Å². The molecule has 0 atom stereocenters. The predicted octanol–water partition coefficient (Wildman–Crippen LogP) is 3.64. The Morgan fingerprint density at radius 1 is 1.47 bits per heavy atom. The maximum absolute atomic E-state index is 8.83. The summed E-state index contributed by atoms with van der Waals surface area (Å²) in [7, 11) is 0. The van der Waals surface area contributed by atoms with E-state index >= 15 is 0 Å². The standard InChI is InChI=1S/C11H7ClN2S/c1-7-10(6-13)15-11(14-7)8-3-2-4-9(12)5-8/h2-5H,1H3. The first-order valence-electron chi connectivity index (χ1n) is 4.34. The van der Waals surface area contributed by atoms with Crippen LogP contribution >= 0.6 is 22.9 Å². The SMILES string of the molecule is Cc1nc(-c2cccc(Cl)c2)sc1C#N. The van der Waals surface area contributed by atoms with E-state index in [1.807, 2.05) is 31.2 Å². The largest absolute Gasteiger partial charge is 0.240 e. The summed E-state index contributed by atoms with van der Waals surface area (Å²) in [6.45, 7) is 1.84. The Morgan fingerprint density at radius 2 is 2.27 bits per heavy atom. The second-order valence-electron chi connectivity index (χ2n) is 3.06. The summed E-state index contributed by atoms with van der Waals surface area (Å²) in [5.41, 5.74) is 1.73. The van der Waals surface area contributed by atoms with Gasteiger partial charge in [0.25, 0.3) is 0 Å². The Balaban J connectivity index is 2.51. The van der Waals surface area contributed by atoms with Crippen molar-refractivity contribution in [1.29, 1.82) is 5.26 Å². The van der Waals surface area contributed by atoms with Gasteiger partial charge in [-0.2, -0.15) is 5.26 Å². The second kappa shape index (κ2) is 4.01. The topological polar surface area (TPSA) is 36.7 Å². The molecule has 0 spiro atoms. The molecule has 0 saturated heterocycles. The third kappa shape index (κ3) is 2.01. The van der Waals surface area contributed by atoms with Crippen molar-refractivity contribution in [2.24, 2.45) is 0 Å². The first-order chi connectivity index (χ1) is 7.20. The molecular weight excluding hydrogens is 228 g/mol. The molecule has 1 aromatic carbocycles. The van der Waals surface area contributed by atoms with Crippen molar-refractivity contribution in [1.82, 2.24) is 4.98 Å². The highest BCUT2D eigenvalue weighted by atomic mass is 35.5. The summed E-state index contributed by atoms with van der Waals surface area (Å²) in [6.07, 6.45) is 0. The van der Waals surface area contributed by atoms with Gasteiger partial charge in [0.1, 0.15) is 16.0 Å². The molecule has 2 nitrogen and oxygen atoms in total. The summed E-state index contributed by atoms with van der Waals surface area (Å²) in [5.74, 6) is 0. The summed E-state index contributed by atoms with van der Waals surface area (Å²) >= 11 is 7.28. The van der Waals surface area contributed by atoms with Crippen molar-refractivity contribution in [3.63, 3.8) is 0 Å². The van der Waals surface area contributed by atoms with Crippen LogP contribution < -0.4 is 0 Å². The number of rotatable bonds is 1. The zero-order chi connectivity index (χ0) is 10.8. The van der Waals surface area contributed by atoms with Crippen LogP contribution in [-0.4, -0.2) is 4.98 Å². The van der Waals surface area contributed by atoms with Gasteiger partial charge in [0.05, 0.1) is 5.69 Å². The Kier molecular flexibility index (Phi) is 2.72. The van der Waals surface area contributed by atoms with Crippen LogP contribution in [0.1, 0.15) is 10.6 Å². The van der Waals surface area contributed by atoms with Crippen LogP contribution in [0, 0.1) is 18.3 Å². The van der Waals surface area contributed by atoms with Crippen LogP contribution in [0.15, 0.2) is 24.3 Å². The first-order valence-corrected chi connectivity index (χ1v) is 5.53. The lowest BCUT2D eigenvalue weighted by molar-refractivity contribution is 1.25. The van der Waals surface area contributed by atoms with E-state index in [1.165, 1.54) is 11.3 Å². The Hall–Kier alpha value is -1.37. The molecule has 0 fully saturated rings. The lowest BCUT2D eigenvalue weighted by atomic mass is 10.2. The lowest BCUT2D eigenvalue weighted by Crippen LogP contribution is -1.77. The van der Waals surface area contributed by atoms with E-state index in [4.69, 9.17) is 16.9 Å². The van der Waals surface area contributed by atoms with Crippen LogP contribution in [0.25, 0.3) is 10.6 Å². The molecule has 1 heterocycles. The third-order valence-corrected chi connectivity index (χ3v) is 3.32. The third-order valence-electron chi connectivity index (χ3n) is 1.97. The van der Waals surface area contributed by atoms with Gasteiger partial charge < -0.3 is 0 Å². The normalized spacial score (nSPS) is 9.93. The van der Waals surface area contributed by atoms with Gasteiger partial charge in [-0.1, -0.05) is 23.7 Å². The molecule has 74 valence electrons. The summed E-state index contributed by atoms with van der Waals surface area (Å²) in [6, 6.07) is 9.60. The number of hydrogen-bond acceptors (Lipinski definition) is 3. The van der Waals surface area contributed by atoms with Gasteiger partial charge in [-0.15, -0.1) is 11.3 Å². The number of aryl methyl sites for hydroxylation is 1. The number of benzene rings is 1. The number of thiazole rings is 1. The van der Waals surface area contributed by atoms with E-state index in [-0.39, 0.29) is 0 Å². The zero-order valence-electron chi connectivity index (χ0n) is 7.99. The van der Waals surface area contributed by atoms with Crippen molar-refractivity contribution >= 4 is 22.9 Å². The summed E-state index contributed by atoms with van der Waals surface area (Å²) in [4.78, 5) is 4.99. The monoisotopic (exact) mass is 234 g/mol. The molecule has 2 rings (SSSR count). The van der Waals surface area contributed by atoms with Gasteiger partial charge in [-0.25, -0.2) is 4.98 Å². The fraction of sp³-hybridized carbons (Fsp3) is 0.0909. The molecule has 0 bridgehead atoms. The van der Waals surface area contributed by atoms with Crippen molar-refractivity contribution in [2.45, 2.75) is 6.92 Å². The zero-order valence-corrected chi connectivity index (χ0v) is 9.56. The average molecular weight is 235 g/mol. The molecule has 0 radical (unpaired) electrons. The molecule has 0 N–H and O–H groups in total. The predicted molar refractivity (Wildman–Crippen MR) is 62.0 cm³/mol. The molecule has 0 aliphatic heterocycles. The van der Waals surface area contributed by atoms with Gasteiger partial charge in [0.15, 0.2) is 0 Å².